The van der Waals surface area contributed by atoms with Crippen LogP contribution < -0.4 is 5.32 Å². The number of aliphatic hydroxyl groups excluding tert-OH is 1. The summed E-state index contributed by atoms with van der Waals surface area (Å²) in [7, 11) is 0. The molecule has 4 aromatic rings. The van der Waals surface area contributed by atoms with Crippen molar-refractivity contribution in [2.24, 2.45) is 5.92 Å². The first-order valence-electron chi connectivity index (χ1n) is 15.8. The quantitative estimate of drug-likeness (QED) is 0.308. The molecule has 1 saturated heterocycles. The number of carbonyl (C=O) groups is 2. The Bertz CT molecular complexity index is 1660. The molecule has 0 aromatic carbocycles. The number of fused-ring (bicyclic) bond motifs is 1. The Morgan fingerprint density at radius 2 is 1.91 bits per heavy atom. The molecule has 3 aliphatic rings. The monoisotopic (exact) mass is 610 g/mol. The molecule has 3 fully saturated rings. The molecule has 1 aliphatic heterocycles. The molecule has 2 N–H and O–H groups in total. The van der Waals surface area contributed by atoms with Crippen LogP contribution in [0.5, 0.6) is 0 Å². The van der Waals surface area contributed by atoms with Crippen LogP contribution in [0, 0.1) is 5.92 Å². The highest BCUT2D eigenvalue weighted by atomic mass is 16.5. The largest absolute Gasteiger partial charge is 0.390 e. The van der Waals surface area contributed by atoms with Gasteiger partial charge in [0.1, 0.15) is 6.61 Å². The van der Waals surface area contributed by atoms with Gasteiger partial charge in [-0.15, -0.1) is 0 Å². The highest BCUT2D eigenvalue weighted by molar-refractivity contribution is 5.94. The number of hydrogen-bond donors (Lipinski definition) is 2. The second kappa shape index (κ2) is 12.6. The van der Waals surface area contributed by atoms with Crippen LogP contribution in [0.3, 0.4) is 0 Å². The minimum Gasteiger partial charge on any atom is -0.390 e. The molecule has 234 valence electrons. The topological polar surface area (TPSA) is 138 Å². The summed E-state index contributed by atoms with van der Waals surface area (Å²) in [4.78, 5) is 43.2. The van der Waals surface area contributed by atoms with Crippen LogP contribution >= 0.6 is 0 Å². The number of aromatic nitrogens is 5. The molecule has 0 bridgehead atoms. The van der Waals surface area contributed by atoms with Crippen molar-refractivity contribution in [3.05, 3.63) is 72.7 Å². The molecule has 0 spiro atoms. The molecule has 2 amide bonds. The van der Waals surface area contributed by atoms with E-state index in [1.165, 1.54) is 0 Å². The van der Waals surface area contributed by atoms with E-state index < -0.39 is 6.10 Å². The fourth-order valence-corrected chi connectivity index (χ4v) is 6.77. The van der Waals surface area contributed by atoms with Crippen LogP contribution in [0.25, 0.3) is 16.6 Å². The standard InChI is InChI=1S/C33H38N8O4/c1-21-19-39(33(44)23-4-3-8-34-16-23)10-11-40(21)26-13-24(14-26)32(43)37-30-15-27-12-22(7-9-41(27)38-30)25-17-35-31(36-18-25)20-45-29-6-2-5-28(29)42/h3-4,7-9,12,15-18,21,24,26,28-29,42H,2,5-6,10-11,13-14,19-20H2,1H3,(H,37,38,43)/t21-,24?,26?,28-,29-/m0/s1. The molecule has 3 atom stereocenters. The average Bonchev–Trinajstić information content (AvgIpc) is 3.64. The molecule has 7 rings (SSSR count). The summed E-state index contributed by atoms with van der Waals surface area (Å²) in [5, 5.41) is 17.5. The highest BCUT2D eigenvalue weighted by Crippen LogP contribution is 2.35. The summed E-state index contributed by atoms with van der Waals surface area (Å²) < 4.78 is 7.54. The number of anilines is 1. The normalized spacial score (nSPS) is 25.3. The summed E-state index contributed by atoms with van der Waals surface area (Å²) in [6.07, 6.45) is 12.4. The van der Waals surface area contributed by atoms with Gasteiger partial charge in [0, 0.05) is 80.2 Å². The Labute approximate surface area is 261 Å². The van der Waals surface area contributed by atoms with Gasteiger partial charge in [-0.25, -0.2) is 14.5 Å². The number of hydrogen-bond acceptors (Lipinski definition) is 9. The Morgan fingerprint density at radius 3 is 2.64 bits per heavy atom. The number of piperazine rings is 1. The molecule has 12 heteroatoms. The third kappa shape index (κ3) is 6.31. The van der Waals surface area contributed by atoms with Crippen molar-refractivity contribution in [2.75, 3.05) is 25.0 Å². The lowest BCUT2D eigenvalue weighted by molar-refractivity contribution is -0.125. The predicted octanol–water partition coefficient (Wildman–Crippen LogP) is 3.18. The van der Waals surface area contributed by atoms with Crippen LogP contribution in [0.2, 0.25) is 0 Å². The van der Waals surface area contributed by atoms with Crippen LogP contribution in [0.4, 0.5) is 5.82 Å². The summed E-state index contributed by atoms with van der Waals surface area (Å²) in [6.45, 7) is 4.56. The Balaban J connectivity index is 0.904. The number of amides is 2. The lowest BCUT2D eigenvalue weighted by atomic mass is 9.78. The summed E-state index contributed by atoms with van der Waals surface area (Å²) in [6, 6.07) is 9.95. The van der Waals surface area contributed by atoms with E-state index in [0.29, 0.717) is 36.3 Å². The molecule has 2 saturated carbocycles. The van der Waals surface area contributed by atoms with Crippen molar-refractivity contribution in [1.29, 1.82) is 0 Å². The van der Waals surface area contributed by atoms with Crippen LogP contribution in [0.1, 0.15) is 55.2 Å². The minimum absolute atomic E-state index is 0.00995. The van der Waals surface area contributed by atoms with Gasteiger partial charge in [0.2, 0.25) is 5.91 Å². The number of aliphatic hydroxyl groups is 1. The molecule has 4 aromatic heterocycles. The van der Waals surface area contributed by atoms with Gasteiger partial charge in [0.05, 0.1) is 23.3 Å². The lowest BCUT2D eigenvalue weighted by Gasteiger charge is -2.49. The van der Waals surface area contributed by atoms with Crippen molar-refractivity contribution in [2.45, 2.75) is 69.9 Å². The maximum absolute atomic E-state index is 13.1. The predicted molar refractivity (Wildman–Crippen MR) is 166 cm³/mol. The van der Waals surface area contributed by atoms with E-state index in [9.17, 15) is 14.7 Å². The molecular formula is C33H38N8O4. The number of rotatable bonds is 8. The number of nitrogens with one attached hydrogen (secondary N) is 1. The Kier molecular flexibility index (Phi) is 8.26. The number of pyridine rings is 2. The van der Waals surface area contributed by atoms with Gasteiger partial charge in [-0.2, -0.15) is 5.10 Å². The Morgan fingerprint density at radius 1 is 1.07 bits per heavy atom. The fraction of sp³-hybridized carbons (Fsp3) is 0.455. The van der Waals surface area contributed by atoms with Crippen molar-refractivity contribution >= 4 is 23.1 Å². The summed E-state index contributed by atoms with van der Waals surface area (Å²) >= 11 is 0. The van der Waals surface area contributed by atoms with Gasteiger partial charge >= 0.3 is 0 Å². The van der Waals surface area contributed by atoms with Gasteiger partial charge in [-0.1, -0.05) is 0 Å². The zero-order chi connectivity index (χ0) is 30.9. The number of ether oxygens (including phenoxy) is 1. The van der Waals surface area contributed by atoms with Gasteiger partial charge in [0.15, 0.2) is 11.6 Å². The first-order valence-corrected chi connectivity index (χ1v) is 15.8. The van der Waals surface area contributed by atoms with Crippen molar-refractivity contribution < 1.29 is 19.4 Å². The third-order valence-corrected chi connectivity index (χ3v) is 9.42. The SMILES string of the molecule is C[C@H]1CN(C(=O)c2cccnc2)CCN1C1CC(C(=O)Nc2cc3cc(-c4cnc(CO[C@H]5CCC[C@@H]5O)nc4)ccn3n2)C1. The molecule has 2 aliphatic carbocycles. The average molecular weight is 611 g/mol. The van der Waals surface area contributed by atoms with E-state index in [1.807, 2.05) is 29.3 Å². The number of nitrogens with zero attached hydrogens (tertiary/aromatic N) is 7. The maximum atomic E-state index is 13.1. The van der Waals surface area contributed by atoms with E-state index >= 15 is 0 Å². The summed E-state index contributed by atoms with van der Waals surface area (Å²) in [5.74, 6) is 1.06. The first-order chi connectivity index (χ1) is 21.9. The molecule has 45 heavy (non-hydrogen) atoms. The third-order valence-electron chi connectivity index (χ3n) is 9.42. The lowest BCUT2D eigenvalue weighted by Crippen LogP contribution is -2.60. The second-order valence-corrected chi connectivity index (χ2v) is 12.4. The smallest absolute Gasteiger partial charge is 0.255 e. The van der Waals surface area contributed by atoms with Crippen LogP contribution in [-0.2, 0) is 16.1 Å². The van der Waals surface area contributed by atoms with E-state index in [1.54, 1.807) is 41.4 Å². The van der Waals surface area contributed by atoms with Crippen molar-refractivity contribution in [3.63, 3.8) is 0 Å². The fourth-order valence-electron chi connectivity index (χ4n) is 6.77. The molecule has 0 radical (unpaired) electrons. The van der Waals surface area contributed by atoms with Crippen LogP contribution in [-0.4, -0.2) is 95.2 Å². The molecular weight excluding hydrogens is 572 g/mol. The van der Waals surface area contributed by atoms with Crippen molar-refractivity contribution in [1.82, 2.24) is 34.4 Å². The zero-order valence-electron chi connectivity index (χ0n) is 25.3. The number of carbonyl (C=O) groups excluding carboxylic acids is 2. The van der Waals surface area contributed by atoms with E-state index in [0.717, 1.165) is 55.3 Å². The summed E-state index contributed by atoms with van der Waals surface area (Å²) in [5.41, 5.74) is 3.28. The van der Waals surface area contributed by atoms with Gasteiger partial charge in [-0.3, -0.25) is 19.5 Å². The first kappa shape index (κ1) is 29.5. The molecule has 12 nitrogen and oxygen atoms in total. The zero-order valence-corrected chi connectivity index (χ0v) is 25.3. The van der Waals surface area contributed by atoms with Crippen molar-refractivity contribution in [3.8, 4) is 11.1 Å². The van der Waals surface area contributed by atoms with E-state index in [4.69, 9.17) is 4.74 Å². The Hall–Kier alpha value is -4.26. The molecule has 5 heterocycles. The van der Waals surface area contributed by atoms with E-state index in [-0.39, 0.29) is 36.5 Å². The molecule has 0 unspecified atom stereocenters. The van der Waals surface area contributed by atoms with Gasteiger partial charge in [-0.05, 0) is 68.9 Å². The minimum atomic E-state index is -0.403. The van der Waals surface area contributed by atoms with E-state index in [2.05, 4.69) is 37.2 Å². The van der Waals surface area contributed by atoms with Gasteiger partial charge < -0.3 is 20.1 Å². The van der Waals surface area contributed by atoms with Crippen LogP contribution in [0.15, 0.2) is 61.3 Å². The highest BCUT2D eigenvalue weighted by Gasteiger charge is 2.41. The van der Waals surface area contributed by atoms with Gasteiger partial charge in [0.25, 0.3) is 5.91 Å². The maximum Gasteiger partial charge on any atom is 0.255 e. The second-order valence-electron chi connectivity index (χ2n) is 12.4.